The lowest BCUT2D eigenvalue weighted by molar-refractivity contribution is 0.342. The summed E-state index contributed by atoms with van der Waals surface area (Å²) in [6, 6.07) is 12.2. The number of nitrogens with one attached hydrogen (secondary N) is 2. The van der Waals surface area contributed by atoms with Crippen LogP contribution < -0.4 is 9.46 Å². The van der Waals surface area contributed by atoms with Crippen LogP contribution in [0.2, 0.25) is 0 Å². The molecule has 2 heterocycles. The fourth-order valence-electron chi connectivity index (χ4n) is 2.17. The van der Waals surface area contributed by atoms with Crippen LogP contribution in [0.25, 0.3) is 10.6 Å². The van der Waals surface area contributed by atoms with Crippen LogP contribution in [-0.4, -0.2) is 25.2 Å². The van der Waals surface area contributed by atoms with Crippen molar-refractivity contribution in [3.05, 3.63) is 48.2 Å². The molecule has 3 rings (SSSR count). The Labute approximate surface area is 144 Å². The smallest absolute Gasteiger partial charge is 0.271 e. The number of hydrogen-bond acceptors (Lipinski definition) is 5. The monoisotopic (exact) mass is 363 g/mol. The number of hydrogen-bond donors (Lipinski definition) is 2. The number of aromatic nitrogens is 2. The third-order valence-corrected chi connectivity index (χ3v) is 6.20. The van der Waals surface area contributed by atoms with Crippen molar-refractivity contribution < 1.29 is 13.2 Å². The first-order valence-electron chi connectivity index (χ1n) is 7.36. The van der Waals surface area contributed by atoms with Crippen molar-refractivity contribution in [3.63, 3.8) is 0 Å². The number of ether oxygens (including phenoxy) is 1. The number of aryl methyl sites for hydroxylation is 1. The first-order chi connectivity index (χ1) is 11.5. The highest BCUT2D eigenvalue weighted by Gasteiger charge is 2.19. The molecular weight excluding hydrogens is 346 g/mol. The number of benzene rings is 1. The Kier molecular flexibility index (Phi) is 4.59. The largest absolute Gasteiger partial charge is 0.492 e. The molecule has 0 aliphatic carbocycles. The van der Waals surface area contributed by atoms with Gasteiger partial charge in [0.25, 0.3) is 10.0 Å². The molecule has 0 saturated carbocycles. The minimum absolute atomic E-state index is 0.226. The van der Waals surface area contributed by atoms with E-state index < -0.39 is 10.0 Å². The summed E-state index contributed by atoms with van der Waals surface area (Å²) < 4.78 is 33.5. The summed E-state index contributed by atoms with van der Waals surface area (Å²) in [6.07, 6.45) is 0. The van der Waals surface area contributed by atoms with Gasteiger partial charge in [0.05, 0.1) is 17.2 Å². The highest BCUT2D eigenvalue weighted by atomic mass is 32.2. The molecule has 0 aliphatic heterocycles. The van der Waals surface area contributed by atoms with Crippen LogP contribution in [0.1, 0.15) is 12.6 Å². The number of aromatic amines is 1. The third kappa shape index (κ3) is 3.44. The van der Waals surface area contributed by atoms with Crippen molar-refractivity contribution in [2.45, 2.75) is 18.1 Å². The predicted octanol–water partition coefficient (Wildman–Crippen LogP) is 3.65. The number of rotatable bonds is 6. The first kappa shape index (κ1) is 16.5. The average molecular weight is 363 g/mol. The second-order valence-corrected chi connectivity index (χ2v) is 8.08. The lowest BCUT2D eigenvalue weighted by Crippen LogP contribution is -2.12. The summed E-state index contributed by atoms with van der Waals surface area (Å²) >= 11 is 1.17. The number of nitrogens with zero attached hydrogens (tertiary/aromatic N) is 1. The van der Waals surface area contributed by atoms with Gasteiger partial charge in [-0.1, -0.05) is 12.1 Å². The third-order valence-electron chi connectivity index (χ3n) is 3.24. The Bertz CT molecular complexity index is 945. The van der Waals surface area contributed by atoms with Gasteiger partial charge in [-0.25, -0.2) is 8.42 Å². The summed E-state index contributed by atoms with van der Waals surface area (Å²) in [6.45, 7) is 4.21. The van der Waals surface area contributed by atoms with Crippen molar-refractivity contribution in [1.29, 1.82) is 0 Å². The molecule has 6 nitrogen and oxygen atoms in total. The number of H-pyrrole nitrogens is 1. The summed E-state index contributed by atoms with van der Waals surface area (Å²) in [4.78, 5) is 0.790. The van der Waals surface area contributed by atoms with Crippen LogP contribution in [0.15, 0.2) is 46.7 Å². The van der Waals surface area contributed by atoms with Crippen LogP contribution in [0.4, 0.5) is 5.69 Å². The quantitative estimate of drug-likeness (QED) is 0.700. The van der Waals surface area contributed by atoms with Gasteiger partial charge in [-0.15, -0.1) is 11.3 Å². The molecule has 0 atom stereocenters. The summed E-state index contributed by atoms with van der Waals surface area (Å²) in [5.41, 5.74) is 2.07. The van der Waals surface area contributed by atoms with E-state index in [4.69, 9.17) is 4.74 Å². The molecule has 2 aromatic heterocycles. The summed E-state index contributed by atoms with van der Waals surface area (Å²) in [7, 11) is -3.68. The minimum atomic E-state index is -3.68. The van der Waals surface area contributed by atoms with Crippen LogP contribution in [0.3, 0.4) is 0 Å². The molecule has 0 aliphatic rings. The maximum absolute atomic E-state index is 12.6. The van der Waals surface area contributed by atoms with E-state index in [-0.39, 0.29) is 4.21 Å². The Balaban J connectivity index is 1.88. The summed E-state index contributed by atoms with van der Waals surface area (Å²) in [5, 5.41) is 7.01. The van der Waals surface area contributed by atoms with Crippen molar-refractivity contribution >= 4 is 27.0 Å². The molecule has 2 N–H and O–H groups in total. The fourth-order valence-corrected chi connectivity index (χ4v) is 4.51. The van der Waals surface area contributed by atoms with Crippen LogP contribution in [-0.2, 0) is 10.0 Å². The van der Waals surface area contributed by atoms with Gasteiger partial charge in [-0.05, 0) is 44.2 Å². The van der Waals surface area contributed by atoms with Crippen LogP contribution >= 0.6 is 11.3 Å². The Hall–Kier alpha value is -2.32. The molecule has 0 fully saturated rings. The lowest BCUT2D eigenvalue weighted by Gasteiger charge is -2.11. The predicted molar refractivity (Wildman–Crippen MR) is 95.1 cm³/mol. The van der Waals surface area contributed by atoms with Gasteiger partial charge < -0.3 is 4.74 Å². The molecule has 0 saturated heterocycles. The number of para-hydroxylation sites is 2. The van der Waals surface area contributed by atoms with Gasteiger partial charge >= 0.3 is 0 Å². The zero-order valence-electron chi connectivity index (χ0n) is 13.2. The lowest BCUT2D eigenvalue weighted by atomic mass is 10.3. The van der Waals surface area contributed by atoms with E-state index in [2.05, 4.69) is 14.9 Å². The maximum Gasteiger partial charge on any atom is 0.271 e. The molecule has 0 radical (unpaired) electrons. The van der Waals surface area contributed by atoms with E-state index >= 15 is 0 Å². The number of sulfonamides is 1. The molecule has 24 heavy (non-hydrogen) atoms. The molecule has 0 amide bonds. The van der Waals surface area contributed by atoms with E-state index in [1.54, 1.807) is 36.4 Å². The molecule has 126 valence electrons. The van der Waals surface area contributed by atoms with Gasteiger partial charge in [0.2, 0.25) is 0 Å². The SMILES string of the molecule is CCOc1ccccc1NS(=O)(=O)c1ccc(-c2cc(C)[nH]n2)s1. The molecule has 0 unspecified atom stereocenters. The Morgan fingerprint density at radius 1 is 1.25 bits per heavy atom. The van der Waals surface area contributed by atoms with Crippen molar-refractivity contribution in [2.24, 2.45) is 0 Å². The molecule has 8 heteroatoms. The zero-order valence-corrected chi connectivity index (χ0v) is 14.9. The minimum Gasteiger partial charge on any atom is -0.492 e. The average Bonchev–Trinajstić information content (AvgIpc) is 3.18. The topological polar surface area (TPSA) is 84.1 Å². The van der Waals surface area contributed by atoms with E-state index in [1.165, 1.54) is 11.3 Å². The van der Waals surface area contributed by atoms with Gasteiger partial charge in [0.15, 0.2) is 0 Å². The number of thiophene rings is 1. The van der Waals surface area contributed by atoms with E-state index in [0.29, 0.717) is 18.0 Å². The second-order valence-electron chi connectivity index (χ2n) is 5.09. The van der Waals surface area contributed by atoms with Crippen molar-refractivity contribution in [3.8, 4) is 16.3 Å². The van der Waals surface area contributed by atoms with Crippen molar-refractivity contribution in [2.75, 3.05) is 11.3 Å². The highest BCUT2D eigenvalue weighted by Crippen LogP contribution is 2.32. The second kappa shape index (κ2) is 6.66. The van der Waals surface area contributed by atoms with Gasteiger partial charge in [0, 0.05) is 5.69 Å². The molecule has 1 aromatic carbocycles. The standard InChI is InChI=1S/C16H17N3O3S2/c1-3-22-14-7-5-4-6-12(14)19-24(20,21)16-9-8-15(23-16)13-10-11(2)17-18-13/h4-10,19H,3H2,1-2H3,(H,17,18). The maximum atomic E-state index is 12.6. The molecular formula is C16H17N3O3S2. The number of anilines is 1. The highest BCUT2D eigenvalue weighted by molar-refractivity contribution is 7.94. The zero-order chi connectivity index (χ0) is 17.2. The molecule has 0 bridgehead atoms. The van der Waals surface area contributed by atoms with Gasteiger partial charge in [-0.3, -0.25) is 9.82 Å². The molecule has 3 aromatic rings. The van der Waals surface area contributed by atoms with E-state index in [0.717, 1.165) is 16.3 Å². The fraction of sp³-hybridized carbons (Fsp3) is 0.188. The summed E-state index contributed by atoms with van der Waals surface area (Å²) in [5.74, 6) is 0.503. The van der Waals surface area contributed by atoms with Crippen LogP contribution in [0.5, 0.6) is 5.75 Å². The normalized spacial score (nSPS) is 11.4. The van der Waals surface area contributed by atoms with E-state index in [1.807, 2.05) is 19.9 Å². The van der Waals surface area contributed by atoms with E-state index in [9.17, 15) is 8.42 Å². The molecule has 0 spiro atoms. The Morgan fingerprint density at radius 3 is 2.75 bits per heavy atom. The van der Waals surface area contributed by atoms with Crippen LogP contribution in [0, 0.1) is 6.92 Å². The van der Waals surface area contributed by atoms with Crippen molar-refractivity contribution in [1.82, 2.24) is 10.2 Å². The Morgan fingerprint density at radius 2 is 2.04 bits per heavy atom. The van der Waals surface area contributed by atoms with Gasteiger partial charge in [0.1, 0.15) is 15.7 Å². The first-order valence-corrected chi connectivity index (χ1v) is 9.66. The van der Waals surface area contributed by atoms with Gasteiger partial charge in [-0.2, -0.15) is 5.10 Å².